The molecule has 2 N–H and O–H groups in total. The lowest BCUT2D eigenvalue weighted by Crippen LogP contribution is -2.15. The Bertz CT molecular complexity index is 631. The predicted molar refractivity (Wildman–Crippen MR) is 80.0 cm³/mol. The maximum atomic E-state index is 13.0. The van der Waals surface area contributed by atoms with Gasteiger partial charge in [0.1, 0.15) is 5.82 Å². The molecule has 2 aromatic carbocycles. The van der Waals surface area contributed by atoms with Crippen molar-refractivity contribution in [1.29, 1.82) is 0 Å². The van der Waals surface area contributed by atoms with Crippen molar-refractivity contribution in [2.45, 2.75) is 6.92 Å². The Morgan fingerprint density at radius 3 is 2.65 bits per heavy atom. The number of carbonyl (C=O) groups excluding carboxylic acids is 1. The van der Waals surface area contributed by atoms with Gasteiger partial charge in [0, 0.05) is 12.2 Å². The molecule has 20 heavy (non-hydrogen) atoms. The van der Waals surface area contributed by atoms with Gasteiger partial charge in [0.15, 0.2) is 0 Å². The summed E-state index contributed by atoms with van der Waals surface area (Å²) in [6, 6.07) is 11.0. The summed E-state index contributed by atoms with van der Waals surface area (Å²) in [4.78, 5) is 12.2. The first-order valence-corrected chi connectivity index (χ1v) is 6.59. The van der Waals surface area contributed by atoms with Crippen LogP contribution in [-0.4, -0.2) is 12.5 Å². The normalized spacial score (nSPS) is 10.2. The summed E-state index contributed by atoms with van der Waals surface area (Å²) in [7, 11) is 0. The maximum Gasteiger partial charge on any atom is 0.257 e. The van der Waals surface area contributed by atoms with Crippen molar-refractivity contribution >= 4 is 28.9 Å². The van der Waals surface area contributed by atoms with E-state index in [-0.39, 0.29) is 10.9 Å². The van der Waals surface area contributed by atoms with E-state index in [9.17, 15) is 9.18 Å². The number of hydrogen-bond acceptors (Lipinski definition) is 2. The maximum absolute atomic E-state index is 13.0. The average molecular weight is 293 g/mol. The van der Waals surface area contributed by atoms with Crippen LogP contribution in [0, 0.1) is 5.82 Å². The molecular formula is C15H14ClFN2O. The van der Waals surface area contributed by atoms with Crippen LogP contribution in [0.15, 0.2) is 42.5 Å². The van der Waals surface area contributed by atoms with Crippen molar-refractivity contribution in [2.24, 2.45) is 0 Å². The fraction of sp³-hybridized carbons (Fsp3) is 0.133. The van der Waals surface area contributed by atoms with Crippen LogP contribution in [0.25, 0.3) is 0 Å². The van der Waals surface area contributed by atoms with Crippen molar-refractivity contribution < 1.29 is 9.18 Å². The molecule has 0 spiro atoms. The molecule has 2 rings (SSSR count). The fourth-order valence-corrected chi connectivity index (χ4v) is 2.02. The van der Waals surface area contributed by atoms with Crippen LogP contribution in [0.4, 0.5) is 15.8 Å². The molecule has 0 unspecified atom stereocenters. The van der Waals surface area contributed by atoms with Gasteiger partial charge in [-0.2, -0.15) is 0 Å². The molecule has 0 saturated carbocycles. The standard InChI is InChI=1S/C15H14ClFN2O/c1-2-18-13-6-4-3-5-11(13)15(20)19-14-8-7-10(17)9-12(14)16/h3-9,18H,2H2,1H3,(H,19,20). The number of halogens is 2. The van der Waals surface area contributed by atoms with Crippen molar-refractivity contribution in [3.63, 3.8) is 0 Å². The lowest BCUT2D eigenvalue weighted by Gasteiger charge is -2.11. The van der Waals surface area contributed by atoms with E-state index in [4.69, 9.17) is 11.6 Å². The van der Waals surface area contributed by atoms with Crippen LogP contribution in [-0.2, 0) is 0 Å². The highest BCUT2D eigenvalue weighted by Gasteiger charge is 2.12. The summed E-state index contributed by atoms with van der Waals surface area (Å²) in [5, 5.41) is 5.95. The Kier molecular flexibility index (Phi) is 4.58. The second-order valence-corrected chi connectivity index (χ2v) is 4.56. The largest absolute Gasteiger partial charge is 0.385 e. The first-order valence-electron chi connectivity index (χ1n) is 6.21. The third-order valence-corrected chi connectivity index (χ3v) is 3.03. The average Bonchev–Trinajstić information content (AvgIpc) is 2.43. The molecule has 2 aromatic rings. The molecule has 0 aliphatic rings. The fourth-order valence-electron chi connectivity index (χ4n) is 1.81. The van der Waals surface area contributed by atoms with Gasteiger partial charge >= 0.3 is 0 Å². The monoisotopic (exact) mass is 292 g/mol. The molecule has 1 amide bonds. The minimum absolute atomic E-state index is 0.166. The molecule has 0 heterocycles. The lowest BCUT2D eigenvalue weighted by molar-refractivity contribution is 0.102. The van der Waals surface area contributed by atoms with Gasteiger partial charge in [0.2, 0.25) is 0 Å². The lowest BCUT2D eigenvalue weighted by atomic mass is 10.1. The highest BCUT2D eigenvalue weighted by atomic mass is 35.5. The van der Waals surface area contributed by atoms with Gasteiger partial charge in [-0.3, -0.25) is 4.79 Å². The zero-order valence-electron chi connectivity index (χ0n) is 10.9. The Morgan fingerprint density at radius 1 is 1.20 bits per heavy atom. The van der Waals surface area contributed by atoms with E-state index in [1.54, 1.807) is 12.1 Å². The summed E-state index contributed by atoms with van der Waals surface area (Å²) in [6.45, 7) is 2.66. The van der Waals surface area contributed by atoms with Gasteiger partial charge in [0.05, 0.1) is 16.3 Å². The van der Waals surface area contributed by atoms with Gasteiger partial charge in [-0.25, -0.2) is 4.39 Å². The second-order valence-electron chi connectivity index (χ2n) is 4.15. The van der Waals surface area contributed by atoms with E-state index in [2.05, 4.69) is 10.6 Å². The SMILES string of the molecule is CCNc1ccccc1C(=O)Nc1ccc(F)cc1Cl. The minimum Gasteiger partial charge on any atom is -0.385 e. The quantitative estimate of drug-likeness (QED) is 0.888. The van der Waals surface area contributed by atoms with E-state index < -0.39 is 5.82 Å². The first kappa shape index (κ1) is 14.3. The highest BCUT2D eigenvalue weighted by Crippen LogP contribution is 2.24. The van der Waals surface area contributed by atoms with E-state index in [0.717, 1.165) is 11.8 Å². The number of rotatable bonds is 4. The number of carbonyl (C=O) groups is 1. The topological polar surface area (TPSA) is 41.1 Å². The molecule has 0 fully saturated rings. The van der Waals surface area contributed by atoms with E-state index in [0.29, 0.717) is 17.8 Å². The first-order chi connectivity index (χ1) is 9.61. The third kappa shape index (κ3) is 3.27. The minimum atomic E-state index is -0.443. The zero-order chi connectivity index (χ0) is 14.5. The smallest absolute Gasteiger partial charge is 0.257 e. The zero-order valence-corrected chi connectivity index (χ0v) is 11.7. The van der Waals surface area contributed by atoms with Crippen molar-refractivity contribution in [3.8, 4) is 0 Å². The van der Waals surface area contributed by atoms with Crippen molar-refractivity contribution in [3.05, 3.63) is 58.9 Å². The Balaban J connectivity index is 2.24. The van der Waals surface area contributed by atoms with Gasteiger partial charge in [-0.05, 0) is 37.3 Å². The summed E-state index contributed by atoms with van der Waals surface area (Å²) >= 11 is 5.89. The summed E-state index contributed by atoms with van der Waals surface area (Å²) in [6.07, 6.45) is 0. The van der Waals surface area contributed by atoms with Crippen molar-refractivity contribution in [1.82, 2.24) is 0 Å². The molecule has 0 aliphatic carbocycles. The summed E-state index contributed by atoms with van der Waals surface area (Å²) < 4.78 is 13.0. The second kappa shape index (κ2) is 6.39. The van der Waals surface area contributed by atoms with E-state index >= 15 is 0 Å². The van der Waals surface area contributed by atoms with Gasteiger partial charge in [0.25, 0.3) is 5.91 Å². The molecule has 0 bridgehead atoms. The molecule has 104 valence electrons. The van der Waals surface area contributed by atoms with E-state index in [1.807, 2.05) is 19.1 Å². The number of para-hydroxylation sites is 1. The van der Waals surface area contributed by atoms with Crippen LogP contribution in [0.5, 0.6) is 0 Å². The number of hydrogen-bond donors (Lipinski definition) is 2. The van der Waals surface area contributed by atoms with Crippen LogP contribution < -0.4 is 10.6 Å². The Morgan fingerprint density at radius 2 is 1.95 bits per heavy atom. The number of amides is 1. The highest BCUT2D eigenvalue weighted by molar-refractivity contribution is 6.34. The van der Waals surface area contributed by atoms with Crippen LogP contribution in [0.1, 0.15) is 17.3 Å². The Hall–Kier alpha value is -2.07. The van der Waals surface area contributed by atoms with Gasteiger partial charge in [-0.1, -0.05) is 23.7 Å². The number of benzene rings is 2. The molecule has 0 aliphatic heterocycles. The molecule has 5 heteroatoms. The number of anilines is 2. The predicted octanol–water partition coefficient (Wildman–Crippen LogP) is 4.16. The number of nitrogens with one attached hydrogen (secondary N) is 2. The van der Waals surface area contributed by atoms with Gasteiger partial charge in [-0.15, -0.1) is 0 Å². The Labute approximate surface area is 121 Å². The molecule has 3 nitrogen and oxygen atoms in total. The van der Waals surface area contributed by atoms with Crippen LogP contribution >= 0.6 is 11.6 Å². The van der Waals surface area contributed by atoms with Crippen LogP contribution in [0.3, 0.4) is 0 Å². The van der Waals surface area contributed by atoms with Gasteiger partial charge < -0.3 is 10.6 Å². The molecule has 0 saturated heterocycles. The summed E-state index contributed by atoms with van der Waals surface area (Å²) in [5.41, 5.74) is 1.63. The van der Waals surface area contributed by atoms with Crippen molar-refractivity contribution in [2.75, 3.05) is 17.2 Å². The summed E-state index contributed by atoms with van der Waals surface area (Å²) in [5.74, 6) is -0.740. The molecule has 0 atom stereocenters. The molecule has 0 aromatic heterocycles. The van der Waals surface area contributed by atoms with Crippen LogP contribution in [0.2, 0.25) is 5.02 Å². The van der Waals surface area contributed by atoms with E-state index in [1.165, 1.54) is 12.1 Å². The molecule has 0 radical (unpaired) electrons. The molecular weight excluding hydrogens is 279 g/mol. The third-order valence-electron chi connectivity index (χ3n) is 2.72.